The number of nitrogens with zero attached hydrogens (tertiary/aromatic N) is 5. The summed E-state index contributed by atoms with van der Waals surface area (Å²) in [5.74, 6) is 0.564. The van der Waals surface area contributed by atoms with Crippen molar-refractivity contribution in [2.24, 2.45) is 0 Å². The SMILES string of the molecule is C1COCCN1.O=C(O)c1ccc2c(c1)NC(=O)c1csc(n1)-c1ccnc(c1)NCCCCCO2.O=C1Nc2cc(C(=O)N3CCOCC3)ccc2OCCCCCNc2cc(ccn2)-c2nc1cs2. The van der Waals surface area contributed by atoms with Gasteiger partial charge in [-0.1, -0.05) is 0 Å². The van der Waals surface area contributed by atoms with E-state index in [1.165, 1.54) is 34.8 Å². The Labute approximate surface area is 418 Å². The lowest BCUT2D eigenvalue weighted by Gasteiger charge is -2.27. The fraction of sp³-hybridized carbons (Fsp3) is 0.360. The van der Waals surface area contributed by atoms with Crippen molar-refractivity contribution in [1.29, 1.82) is 0 Å². The molecule has 71 heavy (non-hydrogen) atoms. The lowest BCUT2D eigenvalue weighted by molar-refractivity contribution is 0.0303. The monoisotopic (exact) mass is 1000 g/mol. The predicted octanol–water partition coefficient (Wildman–Crippen LogP) is 7.64. The topological polar surface area (TPSA) is 240 Å². The van der Waals surface area contributed by atoms with Crippen LogP contribution >= 0.6 is 22.7 Å². The first kappa shape index (κ1) is 50.4. The van der Waals surface area contributed by atoms with Gasteiger partial charge in [-0.3, -0.25) is 14.4 Å². The van der Waals surface area contributed by atoms with E-state index in [-0.39, 0.29) is 23.1 Å². The van der Waals surface area contributed by atoms with Gasteiger partial charge in [0, 0.05) is 79.1 Å². The van der Waals surface area contributed by atoms with Crippen LogP contribution in [-0.4, -0.2) is 133 Å². The van der Waals surface area contributed by atoms with Crippen LogP contribution in [0.2, 0.25) is 0 Å². The van der Waals surface area contributed by atoms with Crippen LogP contribution in [-0.2, 0) is 9.47 Å². The molecule has 4 aromatic heterocycles. The zero-order chi connectivity index (χ0) is 49.2. The Kier molecular flexibility index (Phi) is 18.2. The first-order chi connectivity index (χ1) is 34.8. The number of aromatic nitrogens is 4. The van der Waals surface area contributed by atoms with Gasteiger partial charge in [0.15, 0.2) is 0 Å². The number of thiazole rings is 2. The number of nitrogens with one attached hydrogen (secondary N) is 5. The number of aromatic carboxylic acids is 1. The molecule has 19 nitrogen and oxygen atoms in total. The number of ether oxygens (including phenoxy) is 4. The van der Waals surface area contributed by atoms with E-state index in [9.17, 15) is 24.3 Å². The van der Waals surface area contributed by atoms with Gasteiger partial charge in [0.25, 0.3) is 17.7 Å². The molecule has 372 valence electrons. The highest BCUT2D eigenvalue weighted by Crippen LogP contribution is 2.32. The van der Waals surface area contributed by atoms with Crippen LogP contribution in [0.1, 0.15) is 80.2 Å². The number of fused-ring (bicyclic) bond motifs is 12. The van der Waals surface area contributed by atoms with Gasteiger partial charge >= 0.3 is 5.97 Å². The average molecular weight is 1010 g/mol. The molecule has 0 unspecified atom stereocenters. The molecule has 0 atom stereocenters. The van der Waals surface area contributed by atoms with Crippen molar-refractivity contribution in [3.63, 3.8) is 0 Å². The molecule has 6 N–H and O–H groups in total. The molecule has 8 heterocycles. The van der Waals surface area contributed by atoms with E-state index in [1.807, 2.05) is 24.3 Å². The van der Waals surface area contributed by atoms with Crippen LogP contribution in [0.25, 0.3) is 21.1 Å². The standard InChI is InChI=1S/C25H27N5O4S.C21H20N4O4S.C4H9NO/c31-23-20-16-35-24(29-20)17-6-8-27-22(15-17)26-7-2-1-3-11-34-21-5-4-18(14-19(21)28-23)25(32)30-9-12-33-13-10-30;26-19-16-12-30-20(25-16)13-6-8-23-18(11-13)22-7-2-1-3-9-29-17-5-4-14(21(27)28)10-15(17)24-19;1-3-6-4-2-5-1/h4-6,8,14-16H,1-3,7,9-13H2,(H,26,27)(H,28,31);4-6,8,10-12H,1-3,7,9H2,(H,22,23)(H,24,26)(H,27,28);5H,1-4H2. The van der Waals surface area contributed by atoms with Crippen LogP contribution in [0.15, 0.2) is 83.8 Å². The van der Waals surface area contributed by atoms with E-state index in [2.05, 4.69) is 46.5 Å². The van der Waals surface area contributed by atoms with Gasteiger partial charge in [-0.2, -0.15) is 0 Å². The number of hydrogen-bond donors (Lipinski definition) is 6. The number of carbonyl (C=O) groups is 4. The Bertz CT molecular complexity index is 2750. The molecule has 8 bridgehead atoms. The maximum Gasteiger partial charge on any atom is 0.335 e. The van der Waals surface area contributed by atoms with Crippen molar-refractivity contribution in [1.82, 2.24) is 30.2 Å². The van der Waals surface area contributed by atoms with Crippen molar-refractivity contribution in [2.45, 2.75) is 38.5 Å². The van der Waals surface area contributed by atoms with E-state index < -0.39 is 11.9 Å². The molecule has 2 fully saturated rings. The maximum atomic E-state index is 13.1. The summed E-state index contributed by atoms with van der Waals surface area (Å²) in [6, 6.07) is 17.2. The third kappa shape index (κ3) is 14.5. The van der Waals surface area contributed by atoms with Gasteiger partial charge in [-0.25, -0.2) is 24.7 Å². The molecule has 2 saturated heterocycles. The van der Waals surface area contributed by atoms with Gasteiger partial charge in [0.2, 0.25) is 0 Å². The minimum atomic E-state index is -1.08. The first-order valence-corrected chi connectivity index (χ1v) is 25.4. The van der Waals surface area contributed by atoms with Gasteiger partial charge in [-0.05, 0) is 99.2 Å². The highest BCUT2D eigenvalue weighted by atomic mass is 32.1. The van der Waals surface area contributed by atoms with Crippen molar-refractivity contribution in [3.05, 3.63) is 106 Å². The summed E-state index contributed by atoms with van der Waals surface area (Å²) < 4.78 is 22.2. The number of hydrogen-bond acceptors (Lipinski definition) is 17. The van der Waals surface area contributed by atoms with E-state index >= 15 is 0 Å². The summed E-state index contributed by atoms with van der Waals surface area (Å²) in [6.45, 7) is 8.55. The van der Waals surface area contributed by atoms with E-state index in [0.29, 0.717) is 78.7 Å². The van der Waals surface area contributed by atoms with Crippen LogP contribution in [0.4, 0.5) is 23.0 Å². The highest BCUT2D eigenvalue weighted by molar-refractivity contribution is 7.13. The summed E-state index contributed by atoms with van der Waals surface area (Å²) in [5, 5.41) is 29.6. The molecule has 4 aliphatic heterocycles. The minimum absolute atomic E-state index is 0.0675. The third-order valence-corrected chi connectivity index (χ3v) is 13.1. The quantitative estimate of drug-likeness (QED) is 0.0977. The number of anilines is 4. The largest absolute Gasteiger partial charge is 0.491 e. The van der Waals surface area contributed by atoms with Crippen molar-refractivity contribution < 1.29 is 43.2 Å². The zero-order valence-corrected chi connectivity index (χ0v) is 40.7. The number of morpholine rings is 2. The van der Waals surface area contributed by atoms with Crippen molar-refractivity contribution in [2.75, 3.05) is 100 Å². The second-order valence-corrected chi connectivity index (χ2v) is 18.2. The summed E-state index contributed by atoms with van der Waals surface area (Å²) in [5.41, 5.74) is 3.66. The zero-order valence-electron chi connectivity index (χ0n) is 39.1. The fourth-order valence-corrected chi connectivity index (χ4v) is 9.15. The summed E-state index contributed by atoms with van der Waals surface area (Å²) in [7, 11) is 0. The Morgan fingerprint density at radius 1 is 0.577 bits per heavy atom. The summed E-state index contributed by atoms with van der Waals surface area (Å²) in [4.78, 5) is 69.7. The molecule has 21 heteroatoms. The lowest BCUT2D eigenvalue weighted by atomic mass is 10.1. The highest BCUT2D eigenvalue weighted by Gasteiger charge is 2.22. The predicted molar refractivity (Wildman–Crippen MR) is 273 cm³/mol. The van der Waals surface area contributed by atoms with Crippen molar-refractivity contribution >= 4 is 69.4 Å². The van der Waals surface area contributed by atoms with E-state index in [0.717, 1.165) is 106 Å². The summed E-state index contributed by atoms with van der Waals surface area (Å²) in [6.07, 6.45) is 9.03. The van der Waals surface area contributed by atoms with Crippen LogP contribution in [0, 0.1) is 0 Å². The third-order valence-electron chi connectivity index (χ3n) is 11.4. The lowest BCUT2D eigenvalue weighted by Crippen LogP contribution is -2.40. The van der Waals surface area contributed by atoms with Gasteiger partial charge < -0.3 is 55.5 Å². The van der Waals surface area contributed by atoms with Gasteiger partial charge in [-0.15, -0.1) is 22.7 Å². The number of benzene rings is 2. The molecule has 0 radical (unpaired) electrons. The second-order valence-electron chi connectivity index (χ2n) is 16.5. The Balaban J connectivity index is 0.000000172. The molecular weight excluding hydrogens is 949 g/mol. The first-order valence-electron chi connectivity index (χ1n) is 23.6. The van der Waals surface area contributed by atoms with Gasteiger partial charge in [0.05, 0.1) is 56.6 Å². The molecule has 3 amide bonds. The molecule has 10 rings (SSSR count). The molecule has 0 spiro atoms. The molecule has 2 aromatic carbocycles. The number of pyridine rings is 2. The molecule has 4 aliphatic rings. The van der Waals surface area contributed by atoms with Gasteiger partial charge in [0.1, 0.15) is 44.5 Å². The Hall–Kier alpha value is -7.04. The Morgan fingerprint density at radius 2 is 1.08 bits per heavy atom. The number of carboxylic acid groups (broad SMARTS) is 1. The number of carbonyl (C=O) groups excluding carboxylic acids is 3. The number of carboxylic acids is 1. The number of amides is 3. The van der Waals surface area contributed by atoms with Crippen LogP contribution in [0.3, 0.4) is 0 Å². The van der Waals surface area contributed by atoms with Crippen molar-refractivity contribution in [3.8, 4) is 32.6 Å². The molecular formula is C50H56N10O9S2. The van der Waals surface area contributed by atoms with Crippen LogP contribution in [0.5, 0.6) is 11.5 Å². The summed E-state index contributed by atoms with van der Waals surface area (Å²) >= 11 is 2.75. The fourth-order valence-electron chi connectivity index (χ4n) is 7.56. The minimum Gasteiger partial charge on any atom is -0.491 e. The van der Waals surface area contributed by atoms with E-state index in [4.69, 9.17) is 18.9 Å². The normalized spacial score (nSPS) is 16.4. The second kappa shape index (κ2) is 25.7. The number of rotatable bonds is 2. The molecule has 0 aliphatic carbocycles. The molecule has 0 saturated carbocycles. The van der Waals surface area contributed by atoms with E-state index in [1.54, 1.807) is 52.3 Å². The average Bonchev–Trinajstić information content (AvgIpc) is 4.12. The molecule has 6 aromatic rings. The Morgan fingerprint density at radius 3 is 1.58 bits per heavy atom. The van der Waals surface area contributed by atoms with Crippen LogP contribution < -0.4 is 36.1 Å². The maximum absolute atomic E-state index is 13.1. The smallest absolute Gasteiger partial charge is 0.335 e.